The zero-order chi connectivity index (χ0) is 28.6. The highest BCUT2D eigenvalue weighted by Gasteiger charge is 2.65. The second kappa shape index (κ2) is 17.8. The van der Waals surface area contributed by atoms with Gasteiger partial charge in [-0.2, -0.15) is 0 Å². The summed E-state index contributed by atoms with van der Waals surface area (Å²) in [7, 11) is 0. The first-order valence-electron chi connectivity index (χ1n) is 14.8. The highest BCUT2D eigenvalue weighted by atomic mass is 16.4. The summed E-state index contributed by atoms with van der Waals surface area (Å²) in [6, 6.07) is 0. The quantitative estimate of drug-likeness (QED) is 0.109. The van der Waals surface area contributed by atoms with Gasteiger partial charge in [-0.15, -0.1) is 0 Å². The van der Waals surface area contributed by atoms with Crippen LogP contribution in [0.1, 0.15) is 138 Å². The number of aliphatic hydroxyl groups is 1. The van der Waals surface area contributed by atoms with Crippen LogP contribution in [0.5, 0.6) is 0 Å². The number of hydrogen-bond acceptors (Lipinski definition) is 4. The summed E-state index contributed by atoms with van der Waals surface area (Å²) in [6.45, 7) is 12.5. The van der Waals surface area contributed by atoms with E-state index in [4.69, 9.17) is 0 Å². The first-order chi connectivity index (χ1) is 17.3. The lowest BCUT2D eigenvalue weighted by Crippen LogP contribution is -2.64. The number of carboxylic acid groups (broad SMARTS) is 3. The Morgan fingerprint density at radius 1 is 0.595 bits per heavy atom. The maximum Gasteiger partial charge on any atom is 0.337 e. The lowest BCUT2D eigenvalue weighted by molar-refractivity contribution is -0.208. The van der Waals surface area contributed by atoms with E-state index in [9.17, 15) is 34.8 Å². The Hall–Kier alpha value is -1.63. The molecule has 0 fully saturated rings. The van der Waals surface area contributed by atoms with E-state index in [2.05, 4.69) is 41.5 Å². The van der Waals surface area contributed by atoms with E-state index >= 15 is 0 Å². The Bertz CT molecular complexity index is 659. The topological polar surface area (TPSA) is 132 Å². The predicted molar refractivity (Wildman–Crippen MR) is 148 cm³/mol. The molecule has 0 amide bonds. The van der Waals surface area contributed by atoms with Crippen molar-refractivity contribution in [1.82, 2.24) is 0 Å². The van der Waals surface area contributed by atoms with Gasteiger partial charge in [0.15, 0.2) is 5.60 Å². The monoisotopic (exact) mass is 528 g/mol. The van der Waals surface area contributed by atoms with E-state index < -0.39 is 34.8 Å². The summed E-state index contributed by atoms with van der Waals surface area (Å²) < 4.78 is 0. The number of carbonyl (C=O) groups is 3. The number of aliphatic carboxylic acids is 3. The molecule has 0 rings (SSSR count). The molecule has 218 valence electrons. The SMILES string of the molecule is CCCC(C)CCCC(C(=O)O)C(O)(C(=O)O)C(CCCC(C)CCC)(CCCC(C)CCC)C(=O)O. The Kier molecular flexibility index (Phi) is 17.0. The van der Waals surface area contributed by atoms with E-state index in [1.165, 1.54) is 0 Å². The van der Waals surface area contributed by atoms with Crippen LogP contribution in [0.4, 0.5) is 0 Å². The van der Waals surface area contributed by atoms with Gasteiger partial charge in [-0.1, -0.05) is 119 Å². The Balaban J connectivity index is 6.32. The molecule has 0 heterocycles. The zero-order valence-corrected chi connectivity index (χ0v) is 24.4. The molecule has 5 atom stereocenters. The highest BCUT2D eigenvalue weighted by Crippen LogP contribution is 2.48. The standard InChI is InChI=1S/C30H56O7/c1-7-13-22(4)16-10-19-25(26(31)32)30(37,28(35)36)29(27(33)34,20-11-17-23(5)14-8-2)21-12-18-24(6)15-9-3/h22-25,37H,7-21H2,1-6H3,(H,31,32)(H,33,34)(H,35,36). The van der Waals surface area contributed by atoms with Crippen LogP contribution in [-0.2, 0) is 14.4 Å². The van der Waals surface area contributed by atoms with Crippen LogP contribution in [0.15, 0.2) is 0 Å². The second-order valence-corrected chi connectivity index (χ2v) is 11.7. The third kappa shape index (κ3) is 10.6. The molecule has 5 unspecified atom stereocenters. The fraction of sp³-hybridized carbons (Fsp3) is 0.900. The molecule has 0 bridgehead atoms. The van der Waals surface area contributed by atoms with E-state index in [1.807, 2.05) is 0 Å². The lowest BCUT2D eigenvalue weighted by Gasteiger charge is -2.45. The molecular formula is C30H56O7. The zero-order valence-electron chi connectivity index (χ0n) is 24.4. The molecule has 0 aliphatic heterocycles. The summed E-state index contributed by atoms with van der Waals surface area (Å²) in [6.07, 6.45) is 9.12. The molecule has 0 aliphatic rings. The normalized spacial score (nSPS) is 18.2. The Morgan fingerprint density at radius 3 is 1.27 bits per heavy atom. The molecule has 0 saturated heterocycles. The van der Waals surface area contributed by atoms with Crippen molar-refractivity contribution in [3.8, 4) is 0 Å². The summed E-state index contributed by atoms with van der Waals surface area (Å²) in [5, 5.41) is 42.8. The van der Waals surface area contributed by atoms with Crippen molar-refractivity contribution < 1.29 is 34.8 Å². The van der Waals surface area contributed by atoms with Crippen molar-refractivity contribution in [2.45, 2.75) is 143 Å². The van der Waals surface area contributed by atoms with Gasteiger partial charge in [0.2, 0.25) is 0 Å². The molecule has 0 aromatic heterocycles. The predicted octanol–water partition coefficient (Wildman–Crippen LogP) is 7.39. The van der Waals surface area contributed by atoms with Crippen molar-refractivity contribution in [3.63, 3.8) is 0 Å². The van der Waals surface area contributed by atoms with Gasteiger partial charge in [-0.25, -0.2) is 4.79 Å². The molecule has 7 heteroatoms. The first kappa shape index (κ1) is 35.4. The van der Waals surface area contributed by atoms with Crippen molar-refractivity contribution in [1.29, 1.82) is 0 Å². The van der Waals surface area contributed by atoms with Gasteiger partial charge in [0.25, 0.3) is 0 Å². The van der Waals surface area contributed by atoms with Gasteiger partial charge >= 0.3 is 17.9 Å². The smallest absolute Gasteiger partial charge is 0.337 e. The van der Waals surface area contributed by atoms with Gasteiger partial charge in [0, 0.05) is 0 Å². The van der Waals surface area contributed by atoms with Crippen LogP contribution < -0.4 is 0 Å². The van der Waals surface area contributed by atoms with Crippen molar-refractivity contribution in [2.75, 3.05) is 0 Å². The molecule has 7 nitrogen and oxygen atoms in total. The van der Waals surface area contributed by atoms with Crippen LogP contribution in [0.25, 0.3) is 0 Å². The van der Waals surface area contributed by atoms with Crippen LogP contribution in [0, 0.1) is 29.1 Å². The summed E-state index contributed by atoms with van der Waals surface area (Å²) in [5.41, 5.74) is -4.98. The maximum absolute atomic E-state index is 13.0. The first-order valence-corrected chi connectivity index (χ1v) is 14.8. The van der Waals surface area contributed by atoms with Crippen LogP contribution >= 0.6 is 0 Å². The Morgan fingerprint density at radius 2 is 0.973 bits per heavy atom. The summed E-state index contributed by atoms with van der Waals surface area (Å²) in [4.78, 5) is 38.1. The van der Waals surface area contributed by atoms with Crippen LogP contribution in [0.3, 0.4) is 0 Å². The fourth-order valence-electron chi connectivity index (χ4n) is 6.17. The minimum absolute atomic E-state index is 0.0582. The van der Waals surface area contributed by atoms with Crippen LogP contribution in [0.2, 0.25) is 0 Å². The van der Waals surface area contributed by atoms with Gasteiger partial charge in [-0.3, -0.25) is 9.59 Å². The molecule has 37 heavy (non-hydrogen) atoms. The number of hydrogen-bond donors (Lipinski definition) is 4. The Labute approximate surface area is 225 Å². The van der Waals surface area contributed by atoms with Gasteiger partial charge < -0.3 is 20.4 Å². The molecule has 4 N–H and O–H groups in total. The third-order valence-corrected chi connectivity index (χ3v) is 8.40. The minimum Gasteiger partial charge on any atom is -0.481 e. The van der Waals surface area contributed by atoms with Crippen molar-refractivity contribution >= 4 is 17.9 Å². The average molecular weight is 529 g/mol. The lowest BCUT2D eigenvalue weighted by atomic mass is 9.59. The molecule has 0 radical (unpaired) electrons. The fourth-order valence-corrected chi connectivity index (χ4v) is 6.17. The van der Waals surface area contributed by atoms with Gasteiger partial charge in [0.05, 0.1) is 5.92 Å². The second-order valence-electron chi connectivity index (χ2n) is 11.7. The van der Waals surface area contributed by atoms with E-state index in [1.54, 1.807) is 0 Å². The number of rotatable bonds is 23. The van der Waals surface area contributed by atoms with Crippen LogP contribution in [-0.4, -0.2) is 43.9 Å². The summed E-state index contributed by atoms with van der Waals surface area (Å²) in [5.74, 6) is -5.26. The van der Waals surface area contributed by atoms with Gasteiger partial charge in [-0.05, 0) is 37.0 Å². The van der Waals surface area contributed by atoms with E-state index in [0.29, 0.717) is 56.3 Å². The van der Waals surface area contributed by atoms with E-state index in [-0.39, 0.29) is 19.3 Å². The van der Waals surface area contributed by atoms with Crippen molar-refractivity contribution in [2.24, 2.45) is 29.1 Å². The molecule has 0 aromatic rings. The number of carboxylic acids is 3. The summed E-state index contributed by atoms with van der Waals surface area (Å²) >= 11 is 0. The maximum atomic E-state index is 13.0. The third-order valence-electron chi connectivity index (χ3n) is 8.40. The van der Waals surface area contributed by atoms with Crippen molar-refractivity contribution in [3.05, 3.63) is 0 Å². The highest BCUT2D eigenvalue weighted by molar-refractivity contribution is 5.93. The molecule has 0 saturated carbocycles. The molecule has 0 aromatic carbocycles. The molecule has 0 aliphatic carbocycles. The average Bonchev–Trinajstić information content (AvgIpc) is 2.80. The van der Waals surface area contributed by atoms with Gasteiger partial charge in [0.1, 0.15) is 5.41 Å². The molecular weight excluding hydrogens is 472 g/mol. The van der Waals surface area contributed by atoms with E-state index in [0.717, 1.165) is 38.5 Å². The largest absolute Gasteiger partial charge is 0.481 e. The minimum atomic E-state index is -2.90. The molecule has 0 spiro atoms.